The fraction of sp³-hybridized carbons (Fsp3) is 0.500. The molecular formula is C20H26N2O3. The Labute approximate surface area is 148 Å². The van der Waals surface area contributed by atoms with Crippen LogP contribution in [0, 0.1) is 5.92 Å². The minimum Gasteiger partial charge on any atom is -0.389 e. The third-order valence-electron chi connectivity index (χ3n) is 4.43. The summed E-state index contributed by atoms with van der Waals surface area (Å²) in [5, 5.41) is 13.6. The van der Waals surface area contributed by atoms with Gasteiger partial charge >= 0.3 is 0 Å². The number of aromatic nitrogens is 1. The van der Waals surface area contributed by atoms with Gasteiger partial charge in [-0.1, -0.05) is 32.0 Å². The highest BCUT2D eigenvalue weighted by Gasteiger charge is 2.22. The maximum absolute atomic E-state index is 12.6. The first-order chi connectivity index (χ1) is 12.0. The number of fused-ring (bicyclic) bond motifs is 1. The summed E-state index contributed by atoms with van der Waals surface area (Å²) in [6.07, 6.45) is 1.75. The largest absolute Gasteiger partial charge is 0.389 e. The van der Waals surface area contributed by atoms with Crippen molar-refractivity contribution in [3.8, 4) is 0 Å². The summed E-state index contributed by atoms with van der Waals surface area (Å²) < 4.78 is 5.47. The molecule has 1 heterocycles. The van der Waals surface area contributed by atoms with Crippen LogP contribution in [0.25, 0.3) is 10.9 Å². The zero-order valence-corrected chi connectivity index (χ0v) is 14.9. The molecule has 3 rings (SSSR count). The van der Waals surface area contributed by atoms with E-state index in [-0.39, 0.29) is 25.0 Å². The molecule has 5 heteroatoms. The van der Waals surface area contributed by atoms with Crippen LogP contribution in [0.4, 0.5) is 0 Å². The van der Waals surface area contributed by atoms with Crippen molar-refractivity contribution in [3.05, 3.63) is 41.6 Å². The molecule has 1 aliphatic rings. The third-order valence-corrected chi connectivity index (χ3v) is 4.43. The second kappa shape index (κ2) is 7.93. The molecule has 0 aliphatic heterocycles. The first kappa shape index (κ1) is 17.8. The molecule has 1 aromatic heterocycles. The number of hydrogen-bond donors (Lipinski definition) is 2. The average Bonchev–Trinajstić information content (AvgIpc) is 3.43. The molecule has 0 bridgehead atoms. The van der Waals surface area contributed by atoms with Gasteiger partial charge in [-0.15, -0.1) is 0 Å². The van der Waals surface area contributed by atoms with Crippen LogP contribution >= 0.6 is 0 Å². The van der Waals surface area contributed by atoms with Gasteiger partial charge in [0.25, 0.3) is 5.91 Å². The second-order valence-electron chi connectivity index (χ2n) is 7.11. The monoisotopic (exact) mass is 342 g/mol. The van der Waals surface area contributed by atoms with Gasteiger partial charge in [-0.3, -0.25) is 9.78 Å². The van der Waals surface area contributed by atoms with Gasteiger partial charge < -0.3 is 15.2 Å². The topological polar surface area (TPSA) is 71.5 Å². The number of aliphatic hydroxyl groups excluding tert-OH is 1. The number of aliphatic hydroxyl groups is 1. The van der Waals surface area contributed by atoms with Crippen LogP contribution in [0.1, 0.15) is 48.7 Å². The predicted molar refractivity (Wildman–Crippen MR) is 97.7 cm³/mol. The van der Waals surface area contributed by atoms with Crippen LogP contribution < -0.4 is 5.32 Å². The van der Waals surface area contributed by atoms with Gasteiger partial charge in [0, 0.05) is 24.2 Å². The highest BCUT2D eigenvalue weighted by atomic mass is 16.5. The Kier molecular flexibility index (Phi) is 5.66. The molecule has 134 valence electrons. The summed E-state index contributed by atoms with van der Waals surface area (Å²) in [7, 11) is 0. The lowest BCUT2D eigenvalue weighted by Gasteiger charge is -2.14. The van der Waals surface area contributed by atoms with Gasteiger partial charge in [0.05, 0.1) is 23.8 Å². The quantitative estimate of drug-likeness (QED) is 0.774. The molecule has 1 saturated carbocycles. The van der Waals surface area contributed by atoms with E-state index < -0.39 is 6.10 Å². The number of ether oxygens (including phenoxy) is 1. The van der Waals surface area contributed by atoms with E-state index in [1.54, 1.807) is 0 Å². The Bertz CT molecular complexity index is 741. The second-order valence-corrected chi connectivity index (χ2v) is 7.11. The number of nitrogens with one attached hydrogen (secondary N) is 1. The van der Waals surface area contributed by atoms with Crippen LogP contribution in [0.15, 0.2) is 30.3 Å². The highest BCUT2D eigenvalue weighted by molar-refractivity contribution is 6.06. The first-order valence-electron chi connectivity index (χ1n) is 8.98. The summed E-state index contributed by atoms with van der Waals surface area (Å²) in [6, 6.07) is 9.48. The van der Waals surface area contributed by atoms with Crippen molar-refractivity contribution in [3.63, 3.8) is 0 Å². The number of amides is 1. The number of carbonyl (C=O) groups excluding carboxylic acids is 1. The van der Waals surface area contributed by atoms with E-state index in [1.165, 1.54) is 12.8 Å². The van der Waals surface area contributed by atoms with E-state index in [4.69, 9.17) is 4.74 Å². The Hall–Kier alpha value is -1.98. The molecule has 5 nitrogen and oxygen atoms in total. The molecule has 1 fully saturated rings. The zero-order valence-electron chi connectivity index (χ0n) is 14.9. The van der Waals surface area contributed by atoms with E-state index in [0.29, 0.717) is 18.1 Å². The maximum atomic E-state index is 12.6. The van der Waals surface area contributed by atoms with Crippen LogP contribution in [0.5, 0.6) is 0 Å². The number of rotatable bonds is 8. The minimum absolute atomic E-state index is 0.178. The molecule has 0 spiro atoms. The molecule has 0 saturated heterocycles. The van der Waals surface area contributed by atoms with Crippen molar-refractivity contribution >= 4 is 16.8 Å². The summed E-state index contributed by atoms with van der Waals surface area (Å²) in [4.78, 5) is 17.3. The van der Waals surface area contributed by atoms with Gasteiger partial charge in [-0.05, 0) is 36.8 Å². The lowest BCUT2D eigenvalue weighted by Crippen LogP contribution is -2.35. The molecule has 2 aromatic rings. The third kappa shape index (κ3) is 4.77. The molecule has 1 aliphatic carbocycles. The standard InChI is InChI=1S/C20H26N2O3/c1-13(2)19-9-17(16-5-3-4-6-18(16)22-19)20(24)21-10-15(23)12-25-11-14-7-8-14/h3-6,9,13-15,23H,7-8,10-12H2,1-2H3,(H,21,24). The Morgan fingerprint density at radius 2 is 2.12 bits per heavy atom. The SMILES string of the molecule is CC(C)c1cc(C(=O)NCC(O)COCC2CC2)c2ccccc2n1. The smallest absolute Gasteiger partial charge is 0.252 e. The van der Waals surface area contributed by atoms with Crippen molar-refractivity contribution in [1.29, 1.82) is 0 Å². The molecular weight excluding hydrogens is 316 g/mol. The van der Waals surface area contributed by atoms with Crippen LogP contribution in [0.2, 0.25) is 0 Å². The summed E-state index contributed by atoms with van der Waals surface area (Å²) in [5.74, 6) is 0.707. The zero-order chi connectivity index (χ0) is 17.8. The number of pyridine rings is 1. The molecule has 1 atom stereocenters. The van der Waals surface area contributed by atoms with E-state index >= 15 is 0 Å². The van der Waals surface area contributed by atoms with Crippen molar-refractivity contribution in [2.75, 3.05) is 19.8 Å². The number of carbonyl (C=O) groups is 1. The molecule has 1 unspecified atom stereocenters. The van der Waals surface area contributed by atoms with Crippen LogP contribution in [0.3, 0.4) is 0 Å². The van der Waals surface area contributed by atoms with Gasteiger partial charge in [0.1, 0.15) is 0 Å². The maximum Gasteiger partial charge on any atom is 0.252 e. The van der Waals surface area contributed by atoms with E-state index in [9.17, 15) is 9.90 Å². The summed E-state index contributed by atoms with van der Waals surface area (Å²) in [6.45, 7) is 5.25. The van der Waals surface area contributed by atoms with Crippen molar-refractivity contribution in [2.45, 2.75) is 38.7 Å². The van der Waals surface area contributed by atoms with Crippen LogP contribution in [-0.4, -0.2) is 41.9 Å². The number of hydrogen-bond acceptors (Lipinski definition) is 4. The highest BCUT2D eigenvalue weighted by Crippen LogP contribution is 2.28. The fourth-order valence-electron chi connectivity index (χ4n) is 2.70. The van der Waals surface area contributed by atoms with E-state index in [2.05, 4.69) is 24.1 Å². The molecule has 25 heavy (non-hydrogen) atoms. The first-order valence-corrected chi connectivity index (χ1v) is 8.98. The van der Waals surface area contributed by atoms with E-state index in [1.807, 2.05) is 30.3 Å². The lowest BCUT2D eigenvalue weighted by molar-refractivity contribution is 0.0321. The van der Waals surface area contributed by atoms with Gasteiger partial charge in [-0.25, -0.2) is 0 Å². The van der Waals surface area contributed by atoms with Crippen LogP contribution in [-0.2, 0) is 4.74 Å². The van der Waals surface area contributed by atoms with Gasteiger partial charge in [0.15, 0.2) is 0 Å². The van der Waals surface area contributed by atoms with Crippen molar-refractivity contribution < 1.29 is 14.6 Å². The predicted octanol–water partition coefficient (Wildman–Crippen LogP) is 2.88. The number of para-hydroxylation sites is 1. The van der Waals surface area contributed by atoms with E-state index in [0.717, 1.165) is 16.6 Å². The molecule has 1 aromatic carbocycles. The van der Waals surface area contributed by atoms with Gasteiger partial charge in [0.2, 0.25) is 0 Å². The summed E-state index contributed by atoms with van der Waals surface area (Å²) >= 11 is 0. The summed E-state index contributed by atoms with van der Waals surface area (Å²) in [5.41, 5.74) is 2.30. The Morgan fingerprint density at radius 3 is 2.84 bits per heavy atom. The molecule has 0 radical (unpaired) electrons. The minimum atomic E-state index is -0.694. The average molecular weight is 342 g/mol. The van der Waals surface area contributed by atoms with Crippen molar-refractivity contribution in [2.24, 2.45) is 5.92 Å². The molecule has 2 N–H and O–H groups in total. The van der Waals surface area contributed by atoms with Crippen molar-refractivity contribution in [1.82, 2.24) is 10.3 Å². The number of benzene rings is 1. The normalized spacial score (nSPS) is 15.5. The Morgan fingerprint density at radius 1 is 1.36 bits per heavy atom. The van der Waals surface area contributed by atoms with Gasteiger partial charge in [-0.2, -0.15) is 0 Å². The Balaban J connectivity index is 1.66. The number of nitrogens with zero attached hydrogens (tertiary/aromatic N) is 1. The lowest BCUT2D eigenvalue weighted by atomic mass is 10.0. The molecule has 1 amide bonds. The fourth-order valence-corrected chi connectivity index (χ4v) is 2.70.